The molecule has 1 saturated heterocycles. The molecule has 0 bridgehead atoms. The zero-order valence-corrected chi connectivity index (χ0v) is 16.1. The lowest BCUT2D eigenvalue weighted by Gasteiger charge is -2.23. The fourth-order valence-corrected chi connectivity index (χ4v) is 3.08. The largest absolute Gasteiger partial charge is 0.453 e. The quantitative estimate of drug-likeness (QED) is 0.827. The SMILES string of the molecule is COC(=O)N1CCCN(C(=O)Cc2cc(C(C)(C)C)ccc2C)CC1. The lowest BCUT2D eigenvalue weighted by Crippen LogP contribution is -2.38. The average Bonchev–Trinajstić information content (AvgIpc) is 2.81. The maximum absolute atomic E-state index is 12.8. The van der Waals surface area contributed by atoms with Crippen LogP contribution in [0.4, 0.5) is 4.79 Å². The molecular formula is C20H30N2O3. The third-order valence-electron chi connectivity index (χ3n) is 4.84. The molecule has 2 amide bonds. The summed E-state index contributed by atoms with van der Waals surface area (Å²) in [6.07, 6.45) is 0.874. The lowest BCUT2D eigenvalue weighted by atomic mass is 9.85. The number of nitrogens with zero attached hydrogens (tertiary/aromatic N) is 2. The molecule has 0 radical (unpaired) electrons. The first-order valence-corrected chi connectivity index (χ1v) is 8.93. The van der Waals surface area contributed by atoms with Crippen molar-refractivity contribution < 1.29 is 14.3 Å². The van der Waals surface area contributed by atoms with Gasteiger partial charge in [0.15, 0.2) is 0 Å². The zero-order valence-electron chi connectivity index (χ0n) is 16.1. The first-order valence-electron chi connectivity index (χ1n) is 8.93. The second-order valence-electron chi connectivity index (χ2n) is 7.76. The minimum atomic E-state index is -0.317. The van der Waals surface area contributed by atoms with Gasteiger partial charge in [0.2, 0.25) is 5.91 Å². The van der Waals surface area contributed by atoms with E-state index in [9.17, 15) is 9.59 Å². The maximum Gasteiger partial charge on any atom is 0.409 e. The summed E-state index contributed by atoms with van der Waals surface area (Å²) in [5, 5.41) is 0. The van der Waals surface area contributed by atoms with Crippen molar-refractivity contribution in [2.24, 2.45) is 0 Å². The van der Waals surface area contributed by atoms with Gasteiger partial charge in [-0.15, -0.1) is 0 Å². The molecule has 0 unspecified atom stereocenters. The molecule has 5 heteroatoms. The fraction of sp³-hybridized carbons (Fsp3) is 0.600. The summed E-state index contributed by atoms with van der Waals surface area (Å²) in [7, 11) is 1.39. The van der Waals surface area contributed by atoms with E-state index < -0.39 is 0 Å². The van der Waals surface area contributed by atoms with Gasteiger partial charge in [-0.3, -0.25) is 4.79 Å². The topological polar surface area (TPSA) is 49.9 Å². The van der Waals surface area contributed by atoms with Gasteiger partial charge in [-0.1, -0.05) is 39.0 Å². The van der Waals surface area contributed by atoms with Gasteiger partial charge in [-0.05, 0) is 35.4 Å². The van der Waals surface area contributed by atoms with Gasteiger partial charge in [0.05, 0.1) is 13.5 Å². The zero-order chi connectivity index (χ0) is 18.6. The second kappa shape index (κ2) is 7.89. The molecule has 2 rings (SSSR count). The molecule has 0 N–H and O–H groups in total. The third-order valence-corrected chi connectivity index (χ3v) is 4.84. The van der Waals surface area contributed by atoms with Crippen molar-refractivity contribution in [1.82, 2.24) is 9.80 Å². The highest BCUT2D eigenvalue weighted by Gasteiger charge is 2.23. The van der Waals surface area contributed by atoms with Gasteiger partial charge in [0.1, 0.15) is 0 Å². The van der Waals surface area contributed by atoms with Crippen LogP contribution < -0.4 is 0 Å². The van der Waals surface area contributed by atoms with E-state index in [1.54, 1.807) is 4.90 Å². The predicted octanol–water partition coefficient (Wildman–Crippen LogP) is 3.14. The number of amides is 2. The molecule has 138 valence electrons. The highest BCUT2D eigenvalue weighted by molar-refractivity contribution is 5.79. The molecule has 1 heterocycles. The van der Waals surface area contributed by atoms with E-state index in [2.05, 4.69) is 45.9 Å². The van der Waals surface area contributed by atoms with E-state index >= 15 is 0 Å². The summed E-state index contributed by atoms with van der Waals surface area (Å²) >= 11 is 0. The van der Waals surface area contributed by atoms with Crippen LogP contribution >= 0.6 is 0 Å². The Balaban J connectivity index is 2.06. The molecule has 1 aliphatic rings. The molecule has 1 aromatic rings. The van der Waals surface area contributed by atoms with Crippen LogP contribution in [0.5, 0.6) is 0 Å². The van der Waals surface area contributed by atoms with Crippen LogP contribution in [-0.2, 0) is 21.4 Å². The number of carbonyl (C=O) groups excluding carboxylic acids is 2. The number of methoxy groups -OCH3 is 1. The van der Waals surface area contributed by atoms with Crippen molar-refractivity contribution in [2.45, 2.75) is 46.0 Å². The molecule has 1 fully saturated rings. The van der Waals surface area contributed by atoms with Crippen LogP contribution in [0, 0.1) is 6.92 Å². The third kappa shape index (κ3) is 4.97. The molecule has 1 aliphatic heterocycles. The van der Waals surface area contributed by atoms with E-state index in [4.69, 9.17) is 4.74 Å². The summed E-state index contributed by atoms with van der Waals surface area (Å²) in [5.74, 6) is 0.126. The summed E-state index contributed by atoms with van der Waals surface area (Å²) in [4.78, 5) is 28.0. The lowest BCUT2D eigenvalue weighted by molar-refractivity contribution is -0.130. The number of hydrogen-bond donors (Lipinski definition) is 0. The Morgan fingerprint density at radius 3 is 2.36 bits per heavy atom. The van der Waals surface area contributed by atoms with Crippen LogP contribution in [-0.4, -0.2) is 55.1 Å². The molecule has 0 aromatic heterocycles. The first kappa shape index (κ1) is 19.3. The van der Waals surface area contributed by atoms with Crippen molar-refractivity contribution in [2.75, 3.05) is 33.3 Å². The van der Waals surface area contributed by atoms with Crippen molar-refractivity contribution in [3.8, 4) is 0 Å². The van der Waals surface area contributed by atoms with E-state index in [-0.39, 0.29) is 17.4 Å². The van der Waals surface area contributed by atoms with Crippen molar-refractivity contribution in [1.29, 1.82) is 0 Å². The minimum absolute atomic E-state index is 0.0646. The Kier molecular flexibility index (Phi) is 6.09. The Labute approximate surface area is 150 Å². The number of benzene rings is 1. The summed E-state index contributed by atoms with van der Waals surface area (Å²) < 4.78 is 4.78. The van der Waals surface area contributed by atoms with Gasteiger partial charge in [-0.25, -0.2) is 4.79 Å². The summed E-state index contributed by atoms with van der Waals surface area (Å²) in [5.41, 5.74) is 3.54. The van der Waals surface area contributed by atoms with Gasteiger partial charge in [0.25, 0.3) is 0 Å². The highest BCUT2D eigenvalue weighted by Crippen LogP contribution is 2.25. The van der Waals surface area contributed by atoms with Crippen molar-refractivity contribution >= 4 is 12.0 Å². The Morgan fingerprint density at radius 1 is 1.08 bits per heavy atom. The Bertz CT molecular complexity index is 634. The van der Waals surface area contributed by atoms with E-state index in [1.807, 2.05) is 4.90 Å². The molecule has 0 atom stereocenters. The Morgan fingerprint density at radius 2 is 1.72 bits per heavy atom. The second-order valence-corrected chi connectivity index (χ2v) is 7.76. The van der Waals surface area contributed by atoms with Crippen LogP contribution in [0.1, 0.15) is 43.9 Å². The van der Waals surface area contributed by atoms with Gasteiger partial charge in [-0.2, -0.15) is 0 Å². The number of rotatable bonds is 2. The van der Waals surface area contributed by atoms with Gasteiger partial charge < -0.3 is 14.5 Å². The normalized spacial score (nSPS) is 15.7. The molecule has 0 aliphatic carbocycles. The van der Waals surface area contributed by atoms with Crippen LogP contribution in [0.2, 0.25) is 0 Å². The van der Waals surface area contributed by atoms with E-state index in [1.165, 1.54) is 12.7 Å². The van der Waals surface area contributed by atoms with Crippen molar-refractivity contribution in [3.05, 3.63) is 34.9 Å². The predicted molar refractivity (Wildman–Crippen MR) is 98.8 cm³/mol. The smallest absolute Gasteiger partial charge is 0.409 e. The summed E-state index contributed by atoms with van der Waals surface area (Å²) in [6.45, 7) is 11.0. The average molecular weight is 346 g/mol. The summed E-state index contributed by atoms with van der Waals surface area (Å²) in [6, 6.07) is 6.40. The molecule has 5 nitrogen and oxygen atoms in total. The first-order chi connectivity index (χ1) is 11.7. The molecule has 25 heavy (non-hydrogen) atoms. The van der Waals surface area contributed by atoms with Crippen LogP contribution in [0.3, 0.4) is 0 Å². The Hall–Kier alpha value is -2.04. The number of carbonyl (C=O) groups is 2. The highest BCUT2D eigenvalue weighted by atomic mass is 16.5. The minimum Gasteiger partial charge on any atom is -0.453 e. The van der Waals surface area contributed by atoms with Crippen molar-refractivity contribution in [3.63, 3.8) is 0 Å². The van der Waals surface area contributed by atoms with E-state index in [0.717, 1.165) is 17.5 Å². The molecule has 1 aromatic carbocycles. The molecule has 0 spiro atoms. The molecular weight excluding hydrogens is 316 g/mol. The van der Waals surface area contributed by atoms with Crippen LogP contribution in [0.25, 0.3) is 0 Å². The number of aryl methyl sites for hydroxylation is 1. The monoisotopic (exact) mass is 346 g/mol. The standard InChI is InChI=1S/C20H30N2O3/c1-15-7-8-17(20(2,3)4)13-16(15)14-18(23)21-9-6-10-22(12-11-21)19(24)25-5/h7-8,13H,6,9-12,14H2,1-5H3. The van der Waals surface area contributed by atoms with Gasteiger partial charge >= 0.3 is 6.09 Å². The van der Waals surface area contributed by atoms with Crippen LogP contribution in [0.15, 0.2) is 18.2 Å². The van der Waals surface area contributed by atoms with E-state index in [0.29, 0.717) is 32.6 Å². The van der Waals surface area contributed by atoms with Gasteiger partial charge in [0, 0.05) is 26.2 Å². The number of ether oxygens (including phenoxy) is 1. The maximum atomic E-state index is 12.8. The molecule has 0 saturated carbocycles. The number of hydrogen-bond acceptors (Lipinski definition) is 3. The fourth-order valence-electron chi connectivity index (χ4n) is 3.08.